The Labute approximate surface area is 196 Å². The fraction of sp³-hybridized carbons (Fsp3) is 0.200. The van der Waals surface area contributed by atoms with E-state index in [1.54, 1.807) is 0 Å². The standard InChI is InChI=1S/C30H30NOP/c1-30(26-14-5-2-6-15-26,23-31-22-21-25-13-11-12-20-29(25)31)24-33(32,27-16-7-3-8-17-27)28-18-9-4-10-19-28/h3-22,26H,2,23-24H2,1H3. The number of hydrogen-bond donors (Lipinski definition) is 0. The first-order chi connectivity index (χ1) is 16.1. The molecule has 3 aromatic carbocycles. The highest BCUT2D eigenvalue weighted by Gasteiger charge is 2.41. The SMILES string of the molecule is CC(Cn1ccc2ccccc21)(CP(=O)(c1ccccc1)c1ccccc1)C1C=CCC=C1. The Morgan fingerprint density at radius 2 is 1.39 bits per heavy atom. The molecular formula is C30H30NOP. The maximum Gasteiger partial charge on any atom is 0.143 e. The number of aromatic nitrogens is 1. The molecule has 0 saturated heterocycles. The first-order valence-electron chi connectivity index (χ1n) is 11.7. The smallest absolute Gasteiger partial charge is 0.143 e. The second-order valence-electron chi connectivity index (χ2n) is 9.34. The molecule has 4 aromatic rings. The summed E-state index contributed by atoms with van der Waals surface area (Å²) in [5.74, 6) is 0.216. The third-order valence-corrected chi connectivity index (χ3v) is 10.3. The van der Waals surface area contributed by atoms with Gasteiger partial charge in [-0.15, -0.1) is 0 Å². The summed E-state index contributed by atoms with van der Waals surface area (Å²) in [4.78, 5) is 0. The molecule has 1 heterocycles. The molecule has 0 radical (unpaired) electrons. The van der Waals surface area contributed by atoms with Crippen LogP contribution in [0.15, 0.2) is 121 Å². The number of fused-ring (bicyclic) bond motifs is 1. The van der Waals surface area contributed by atoms with Gasteiger partial charge in [0.2, 0.25) is 0 Å². The lowest BCUT2D eigenvalue weighted by atomic mass is 9.76. The molecule has 0 fully saturated rings. The van der Waals surface area contributed by atoms with Crippen LogP contribution in [0.25, 0.3) is 10.9 Å². The summed E-state index contributed by atoms with van der Waals surface area (Å²) in [7, 11) is -2.87. The summed E-state index contributed by atoms with van der Waals surface area (Å²) in [6, 6.07) is 30.8. The Morgan fingerprint density at radius 3 is 2.03 bits per heavy atom. The van der Waals surface area contributed by atoms with Gasteiger partial charge in [-0.25, -0.2) is 0 Å². The molecule has 1 aliphatic carbocycles. The zero-order valence-electron chi connectivity index (χ0n) is 19.0. The fourth-order valence-electron chi connectivity index (χ4n) is 5.16. The summed E-state index contributed by atoms with van der Waals surface area (Å²) in [5, 5.41) is 3.11. The molecule has 0 spiro atoms. The normalized spacial score (nSPS) is 16.2. The second kappa shape index (κ2) is 9.04. The quantitative estimate of drug-likeness (QED) is 0.224. The third kappa shape index (κ3) is 4.28. The van der Waals surface area contributed by atoms with Gasteiger partial charge in [-0.3, -0.25) is 0 Å². The fourth-order valence-corrected chi connectivity index (χ4v) is 8.46. The highest BCUT2D eigenvalue weighted by Crippen LogP contribution is 2.52. The van der Waals surface area contributed by atoms with Crippen molar-refractivity contribution < 1.29 is 4.57 Å². The molecular weight excluding hydrogens is 421 g/mol. The predicted octanol–water partition coefficient (Wildman–Crippen LogP) is 6.79. The van der Waals surface area contributed by atoms with Gasteiger partial charge in [-0.05, 0) is 23.9 Å². The molecule has 1 aliphatic rings. The van der Waals surface area contributed by atoms with Crippen molar-refractivity contribution in [2.24, 2.45) is 11.3 Å². The van der Waals surface area contributed by atoms with Crippen LogP contribution < -0.4 is 10.6 Å². The van der Waals surface area contributed by atoms with Crippen LogP contribution in [-0.2, 0) is 11.1 Å². The van der Waals surface area contributed by atoms with E-state index in [0.29, 0.717) is 6.16 Å². The monoisotopic (exact) mass is 451 g/mol. The van der Waals surface area contributed by atoms with Gasteiger partial charge in [0.05, 0.1) is 0 Å². The minimum absolute atomic E-state index is 0.216. The average Bonchev–Trinajstić information content (AvgIpc) is 3.28. The van der Waals surface area contributed by atoms with Gasteiger partial charge in [0, 0.05) is 46.4 Å². The second-order valence-corrected chi connectivity index (χ2v) is 12.2. The summed E-state index contributed by atoms with van der Waals surface area (Å²) in [6.45, 7) is 3.11. The molecule has 2 nitrogen and oxygen atoms in total. The maximum absolute atomic E-state index is 15.0. The largest absolute Gasteiger partial charge is 0.347 e. The van der Waals surface area contributed by atoms with Crippen molar-refractivity contribution in [3.63, 3.8) is 0 Å². The maximum atomic E-state index is 15.0. The lowest BCUT2D eigenvalue weighted by Crippen LogP contribution is -2.37. The summed E-state index contributed by atoms with van der Waals surface area (Å²) < 4.78 is 17.3. The molecule has 0 bridgehead atoms. The van der Waals surface area contributed by atoms with Crippen LogP contribution in [0.2, 0.25) is 0 Å². The predicted molar refractivity (Wildman–Crippen MR) is 141 cm³/mol. The van der Waals surface area contributed by atoms with Crippen molar-refractivity contribution in [1.29, 1.82) is 0 Å². The number of hydrogen-bond acceptors (Lipinski definition) is 1. The lowest BCUT2D eigenvalue weighted by molar-refractivity contribution is 0.260. The van der Waals surface area contributed by atoms with Crippen LogP contribution in [0.1, 0.15) is 13.3 Å². The summed E-state index contributed by atoms with van der Waals surface area (Å²) >= 11 is 0. The van der Waals surface area contributed by atoms with Gasteiger partial charge in [0.1, 0.15) is 7.14 Å². The molecule has 0 N–H and O–H groups in total. The molecule has 0 saturated carbocycles. The summed E-state index contributed by atoms with van der Waals surface area (Å²) in [6.07, 6.45) is 12.8. The van der Waals surface area contributed by atoms with Crippen LogP contribution in [0.4, 0.5) is 0 Å². The zero-order valence-corrected chi connectivity index (χ0v) is 19.9. The highest BCUT2D eigenvalue weighted by atomic mass is 31.2. The van der Waals surface area contributed by atoms with E-state index in [1.165, 1.54) is 10.9 Å². The van der Waals surface area contributed by atoms with E-state index < -0.39 is 7.14 Å². The van der Waals surface area contributed by atoms with Crippen molar-refractivity contribution in [3.05, 3.63) is 121 Å². The molecule has 1 aromatic heterocycles. The van der Waals surface area contributed by atoms with Gasteiger partial charge in [-0.2, -0.15) is 0 Å². The molecule has 1 atom stereocenters. The van der Waals surface area contributed by atoms with Gasteiger partial charge in [-0.1, -0.05) is 110 Å². The van der Waals surface area contributed by atoms with Gasteiger partial charge in [0.25, 0.3) is 0 Å². The Kier molecular flexibility index (Phi) is 5.96. The number of benzene rings is 3. The van der Waals surface area contributed by atoms with Crippen molar-refractivity contribution in [2.45, 2.75) is 19.9 Å². The van der Waals surface area contributed by atoms with Gasteiger partial charge >= 0.3 is 0 Å². The number of nitrogens with zero attached hydrogens (tertiary/aromatic N) is 1. The zero-order chi connectivity index (χ0) is 22.7. The molecule has 0 amide bonds. The van der Waals surface area contributed by atoms with Gasteiger partial charge in [0.15, 0.2) is 0 Å². The number of rotatable bonds is 7. The van der Waals surface area contributed by atoms with Crippen molar-refractivity contribution >= 4 is 28.7 Å². The van der Waals surface area contributed by atoms with Crippen LogP contribution in [0, 0.1) is 11.3 Å². The molecule has 5 rings (SSSR count). The molecule has 1 unspecified atom stereocenters. The van der Waals surface area contributed by atoms with E-state index in [0.717, 1.165) is 23.6 Å². The first-order valence-corrected chi connectivity index (χ1v) is 13.6. The van der Waals surface area contributed by atoms with Crippen LogP contribution in [-0.4, -0.2) is 10.7 Å². The van der Waals surface area contributed by atoms with Crippen molar-refractivity contribution in [3.8, 4) is 0 Å². The van der Waals surface area contributed by atoms with Crippen molar-refractivity contribution in [1.82, 2.24) is 4.57 Å². The van der Waals surface area contributed by atoms with Gasteiger partial charge < -0.3 is 9.13 Å². The van der Waals surface area contributed by atoms with Crippen LogP contribution in [0.5, 0.6) is 0 Å². The average molecular weight is 452 g/mol. The highest BCUT2D eigenvalue weighted by molar-refractivity contribution is 7.78. The number of allylic oxidation sites excluding steroid dienone is 4. The Balaban J connectivity index is 1.62. The molecule has 166 valence electrons. The van der Waals surface area contributed by atoms with E-state index in [-0.39, 0.29) is 11.3 Å². The Bertz CT molecular complexity index is 1280. The third-order valence-electron chi connectivity index (χ3n) is 6.91. The number of para-hydroxylation sites is 1. The van der Waals surface area contributed by atoms with E-state index in [4.69, 9.17) is 0 Å². The van der Waals surface area contributed by atoms with E-state index >= 15 is 4.57 Å². The minimum atomic E-state index is -2.87. The molecule has 0 aliphatic heterocycles. The van der Waals surface area contributed by atoms with E-state index in [1.807, 2.05) is 60.7 Å². The van der Waals surface area contributed by atoms with E-state index in [2.05, 4.69) is 72.3 Å². The Morgan fingerprint density at radius 1 is 0.818 bits per heavy atom. The van der Waals surface area contributed by atoms with Crippen LogP contribution in [0.3, 0.4) is 0 Å². The summed E-state index contributed by atoms with van der Waals surface area (Å²) in [5.41, 5.74) is 0.984. The minimum Gasteiger partial charge on any atom is -0.347 e. The Hall–Kier alpha value is -3.09. The molecule has 3 heteroatoms. The lowest BCUT2D eigenvalue weighted by Gasteiger charge is -2.39. The first kappa shape index (κ1) is 21.7. The van der Waals surface area contributed by atoms with E-state index in [9.17, 15) is 0 Å². The molecule has 33 heavy (non-hydrogen) atoms. The topological polar surface area (TPSA) is 22.0 Å². The van der Waals surface area contributed by atoms with Crippen LogP contribution >= 0.6 is 7.14 Å². The van der Waals surface area contributed by atoms with Crippen molar-refractivity contribution in [2.75, 3.05) is 6.16 Å².